The molecule has 0 radical (unpaired) electrons. The monoisotopic (exact) mass is 392 g/mol. The van der Waals surface area contributed by atoms with Gasteiger partial charge in [0, 0.05) is 23.1 Å². The highest BCUT2D eigenvalue weighted by Crippen LogP contribution is 2.16. The Morgan fingerprint density at radius 1 is 1.00 bits per heavy atom. The van der Waals surface area contributed by atoms with Gasteiger partial charge in [-0.25, -0.2) is 0 Å². The molecule has 2 rings (SSSR count). The van der Waals surface area contributed by atoms with Gasteiger partial charge in [0.25, 0.3) is 0 Å². The molecule has 0 unspecified atom stereocenters. The molecule has 24 heavy (non-hydrogen) atoms. The number of ether oxygens (including phenoxy) is 2. The lowest BCUT2D eigenvalue weighted by Crippen LogP contribution is -2.29. The third-order valence-electron chi connectivity index (χ3n) is 3.28. The first kappa shape index (κ1) is 18.1. The SMILES string of the molecule is COc1ccc(OCCNC(=O)CCNc2ccc(Br)cc2)cc1. The highest BCUT2D eigenvalue weighted by Gasteiger charge is 2.01. The van der Waals surface area contributed by atoms with E-state index in [4.69, 9.17) is 9.47 Å². The molecule has 0 aliphatic heterocycles. The lowest BCUT2D eigenvalue weighted by molar-refractivity contribution is -0.120. The molecular weight excluding hydrogens is 372 g/mol. The third-order valence-corrected chi connectivity index (χ3v) is 3.81. The van der Waals surface area contributed by atoms with Crippen molar-refractivity contribution in [1.82, 2.24) is 5.32 Å². The van der Waals surface area contributed by atoms with Gasteiger partial charge in [0.2, 0.25) is 5.91 Å². The maximum atomic E-state index is 11.8. The van der Waals surface area contributed by atoms with Crippen LogP contribution in [0.25, 0.3) is 0 Å². The summed E-state index contributed by atoms with van der Waals surface area (Å²) in [7, 11) is 1.62. The molecule has 0 spiro atoms. The third kappa shape index (κ3) is 6.50. The van der Waals surface area contributed by atoms with Crippen LogP contribution in [0.1, 0.15) is 6.42 Å². The first-order valence-electron chi connectivity index (χ1n) is 7.70. The van der Waals surface area contributed by atoms with E-state index in [2.05, 4.69) is 26.6 Å². The molecule has 6 heteroatoms. The summed E-state index contributed by atoms with van der Waals surface area (Å²) in [6.07, 6.45) is 0.415. The number of rotatable bonds is 9. The second-order valence-electron chi connectivity index (χ2n) is 5.06. The van der Waals surface area contributed by atoms with Crippen LogP contribution in [-0.2, 0) is 4.79 Å². The summed E-state index contributed by atoms with van der Waals surface area (Å²) in [5.41, 5.74) is 0.994. The Kier molecular flexibility index (Phi) is 7.42. The maximum absolute atomic E-state index is 11.8. The molecule has 2 N–H and O–H groups in total. The zero-order chi connectivity index (χ0) is 17.2. The fourth-order valence-corrected chi connectivity index (χ4v) is 2.27. The average Bonchev–Trinajstić information content (AvgIpc) is 2.61. The summed E-state index contributed by atoms with van der Waals surface area (Å²) < 4.78 is 11.7. The molecule has 0 aliphatic carbocycles. The minimum Gasteiger partial charge on any atom is -0.497 e. The van der Waals surface area contributed by atoms with Gasteiger partial charge in [-0.3, -0.25) is 4.79 Å². The Morgan fingerprint density at radius 3 is 2.33 bits per heavy atom. The second-order valence-corrected chi connectivity index (χ2v) is 5.97. The van der Waals surface area contributed by atoms with Gasteiger partial charge in [-0.15, -0.1) is 0 Å². The van der Waals surface area contributed by atoms with Crippen LogP contribution in [0.3, 0.4) is 0 Å². The van der Waals surface area contributed by atoms with Gasteiger partial charge in [0.1, 0.15) is 18.1 Å². The van der Waals surface area contributed by atoms with Crippen molar-refractivity contribution in [2.45, 2.75) is 6.42 Å². The van der Waals surface area contributed by atoms with Gasteiger partial charge in [0.15, 0.2) is 0 Å². The molecule has 0 fully saturated rings. The van der Waals surface area contributed by atoms with Gasteiger partial charge < -0.3 is 20.1 Å². The standard InChI is InChI=1S/C18H21BrN2O3/c1-23-16-6-8-17(9-7-16)24-13-12-21-18(22)10-11-20-15-4-2-14(19)3-5-15/h2-9,20H,10-13H2,1H3,(H,21,22). The Labute approximate surface area is 150 Å². The number of halogens is 1. The number of methoxy groups -OCH3 is 1. The van der Waals surface area contributed by atoms with E-state index < -0.39 is 0 Å². The van der Waals surface area contributed by atoms with Gasteiger partial charge in [0.05, 0.1) is 13.7 Å². The van der Waals surface area contributed by atoms with E-state index in [9.17, 15) is 4.79 Å². The van der Waals surface area contributed by atoms with E-state index in [-0.39, 0.29) is 5.91 Å². The number of carbonyl (C=O) groups is 1. The smallest absolute Gasteiger partial charge is 0.221 e. The first-order valence-corrected chi connectivity index (χ1v) is 8.49. The van der Waals surface area contributed by atoms with E-state index in [1.54, 1.807) is 7.11 Å². The molecule has 0 saturated carbocycles. The van der Waals surface area contributed by atoms with Crippen LogP contribution in [0.15, 0.2) is 53.0 Å². The van der Waals surface area contributed by atoms with Gasteiger partial charge in [-0.05, 0) is 48.5 Å². The number of amides is 1. The van der Waals surface area contributed by atoms with Crippen LogP contribution in [0.5, 0.6) is 11.5 Å². The lowest BCUT2D eigenvalue weighted by atomic mass is 10.3. The van der Waals surface area contributed by atoms with Gasteiger partial charge >= 0.3 is 0 Å². The minimum atomic E-state index is -0.00191. The molecule has 0 bridgehead atoms. The normalized spacial score (nSPS) is 10.1. The summed E-state index contributed by atoms with van der Waals surface area (Å²) in [4.78, 5) is 11.8. The predicted molar refractivity (Wildman–Crippen MR) is 98.7 cm³/mol. The van der Waals surface area contributed by atoms with Crippen molar-refractivity contribution < 1.29 is 14.3 Å². The molecule has 0 aliphatic rings. The van der Waals surface area contributed by atoms with E-state index in [1.807, 2.05) is 48.5 Å². The van der Waals surface area contributed by atoms with Crippen molar-refractivity contribution in [1.29, 1.82) is 0 Å². The van der Waals surface area contributed by atoms with Crippen molar-refractivity contribution in [3.05, 3.63) is 53.0 Å². The molecular formula is C18H21BrN2O3. The van der Waals surface area contributed by atoms with Gasteiger partial charge in [-0.1, -0.05) is 15.9 Å². The largest absolute Gasteiger partial charge is 0.497 e. The first-order chi connectivity index (χ1) is 11.7. The van der Waals surface area contributed by atoms with Crippen LogP contribution < -0.4 is 20.1 Å². The van der Waals surface area contributed by atoms with Gasteiger partial charge in [-0.2, -0.15) is 0 Å². The maximum Gasteiger partial charge on any atom is 0.221 e. The zero-order valence-electron chi connectivity index (χ0n) is 13.5. The summed E-state index contributed by atoms with van der Waals surface area (Å²) in [6.45, 7) is 1.49. The summed E-state index contributed by atoms with van der Waals surface area (Å²) in [6, 6.07) is 15.2. The van der Waals surface area contributed by atoms with Crippen LogP contribution in [0.2, 0.25) is 0 Å². The molecule has 2 aromatic carbocycles. The topological polar surface area (TPSA) is 59.6 Å². The summed E-state index contributed by atoms with van der Waals surface area (Å²) in [5, 5.41) is 6.04. The zero-order valence-corrected chi connectivity index (χ0v) is 15.1. The molecule has 5 nitrogen and oxygen atoms in total. The fourth-order valence-electron chi connectivity index (χ4n) is 2.01. The van der Waals surface area contributed by atoms with Crippen molar-refractivity contribution in [2.75, 3.05) is 32.1 Å². The molecule has 1 amide bonds. The van der Waals surface area contributed by atoms with Crippen molar-refractivity contribution >= 4 is 27.5 Å². The van der Waals surface area contributed by atoms with Crippen molar-refractivity contribution in [3.63, 3.8) is 0 Å². The van der Waals surface area contributed by atoms with E-state index in [0.717, 1.165) is 21.7 Å². The Hall–Kier alpha value is -2.21. The predicted octanol–water partition coefficient (Wildman–Crippen LogP) is 3.45. The number of anilines is 1. The molecule has 2 aromatic rings. The highest BCUT2D eigenvalue weighted by molar-refractivity contribution is 9.10. The summed E-state index contributed by atoms with van der Waals surface area (Å²) >= 11 is 3.39. The Bertz CT molecular complexity index is 630. The lowest BCUT2D eigenvalue weighted by Gasteiger charge is -2.09. The fraction of sp³-hybridized carbons (Fsp3) is 0.278. The van der Waals surface area contributed by atoms with E-state index in [0.29, 0.717) is 26.1 Å². The summed E-state index contributed by atoms with van der Waals surface area (Å²) in [5.74, 6) is 1.54. The van der Waals surface area contributed by atoms with Crippen molar-refractivity contribution in [2.24, 2.45) is 0 Å². The molecule has 0 aromatic heterocycles. The number of benzene rings is 2. The number of nitrogens with one attached hydrogen (secondary N) is 2. The second kappa shape index (κ2) is 9.82. The number of hydrogen-bond donors (Lipinski definition) is 2. The van der Waals surface area contributed by atoms with Crippen LogP contribution in [-0.4, -0.2) is 32.7 Å². The Morgan fingerprint density at radius 2 is 1.67 bits per heavy atom. The molecule has 128 valence electrons. The van der Waals surface area contributed by atoms with E-state index >= 15 is 0 Å². The molecule has 0 heterocycles. The number of carbonyl (C=O) groups excluding carboxylic acids is 1. The quantitative estimate of drug-likeness (QED) is 0.641. The Balaban J connectivity index is 1.56. The number of hydrogen-bond acceptors (Lipinski definition) is 4. The average molecular weight is 393 g/mol. The van der Waals surface area contributed by atoms with E-state index in [1.165, 1.54) is 0 Å². The van der Waals surface area contributed by atoms with Crippen molar-refractivity contribution in [3.8, 4) is 11.5 Å². The minimum absolute atomic E-state index is 0.00191. The van der Waals surface area contributed by atoms with Crippen LogP contribution >= 0.6 is 15.9 Å². The van der Waals surface area contributed by atoms with Crippen LogP contribution in [0, 0.1) is 0 Å². The van der Waals surface area contributed by atoms with Crippen LogP contribution in [0.4, 0.5) is 5.69 Å². The molecule has 0 atom stereocenters. The molecule has 0 saturated heterocycles. The highest BCUT2D eigenvalue weighted by atomic mass is 79.9.